The van der Waals surface area contributed by atoms with Crippen molar-refractivity contribution in [3.63, 3.8) is 0 Å². The van der Waals surface area contributed by atoms with Gasteiger partial charge in [0.25, 0.3) is 0 Å². The zero-order valence-electron chi connectivity index (χ0n) is 10.5. The Hall–Kier alpha value is -0.0300. The molecule has 0 aliphatic heterocycles. The van der Waals surface area contributed by atoms with E-state index in [9.17, 15) is 5.11 Å². The molecule has 2 N–H and O–H groups in total. The molecule has 2 nitrogen and oxygen atoms in total. The van der Waals surface area contributed by atoms with Gasteiger partial charge in [-0.1, -0.05) is 28.1 Å². The molecule has 1 aromatic rings. The van der Waals surface area contributed by atoms with Gasteiger partial charge < -0.3 is 10.4 Å². The summed E-state index contributed by atoms with van der Waals surface area (Å²) in [5, 5.41) is 13.0. The molecule has 0 aliphatic carbocycles. The van der Waals surface area contributed by atoms with Crippen LogP contribution in [0.3, 0.4) is 0 Å². The molecule has 0 radical (unpaired) electrons. The number of nitrogens with one attached hydrogen (secondary N) is 1. The Labute approximate surface area is 116 Å². The number of thioether (sulfide) groups is 1. The summed E-state index contributed by atoms with van der Waals surface area (Å²) in [5.74, 6) is 0. The highest BCUT2D eigenvalue weighted by Crippen LogP contribution is 2.19. The summed E-state index contributed by atoms with van der Waals surface area (Å²) in [6.07, 6.45) is 2.03. The number of hydrogen-bond donors (Lipinski definition) is 2. The van der Waals surface area contributed by atoms with Gasteiger partial charge in [0.05, 0.1) is 6.61 Å². The lowest BCUT2D eigenvalue weighted by atomic mass is 10.1. The first-order valence-corrected chi connectivity index (χ1v) is 7.81. The second-order valence-corrected chi connectivity index (χ2v) is 6.18. The molecule has 3 unspecified atom stereocenters. The lowest BCUT2D eigenvalue weighted by Gasteiger charge is -2.25. The monoisotopic (exact) mass is 317 g/mol. The van der Waals surface area contributed by atoms with Crippen molar-refractivity contribution >= 4 is 27.7 Å². The minimum absolute atomic E-state index is 0.211. The normalized spacial score (nSPS) is 16.5. The molecule has 0 bridgehead atoms. The second-order valence-electron chi connectivity index (χ2n) is 4.19. The van der Waals surface area contributed by atoms with Gasteiger partial charge >= 0.3 is 0 Å². The summed E-state index contributed by atoms with van der Waals surface area (Å²) in [6.45, 7) is 4.48. The minimum atomic E-state index is 0.211. The topological polar surface area (TPSA) is 32.3 Å². The van der Waals surface area contributed by atoms with Gasteiger partial charge in [0, 0.05) is 21.8 Å². The van der Waals surface area contributed by atoms with Gasteiger partial charge in [-0.15, -0.1) is 0 Å². The van der Waals surface area contributed by atoms with E-state index in [0.717, 1.165) is 4.47 Å². The molecule has 0 amide bonds. The highest BCUT2D eigenvalue weighted by atomic mass is 79.9. The lowest BCUT2D eigenvalue weighted by Crippen LogP contribution is -2.38. The van der Waals surface area contributed by atoms with Crippen LogP contribution in [0, 0.1) is 0 Å². The smallest absolute Gasteiger partial charge is 0.0564 e. The van der Waals surface area contributed by atoms with Crippen molar-refractivity contribution in [2.24, 2.45) is 0 Å². The van der Waals surface area contributed by atoms with Crippen LogP contribution in [-0.2, 0) is 0 Å². The molecule has 0 aliphatic rings. The van der Waals surface area contributed by atoms with Crippen LogP contribution in [0.5, 0.6) is 0 Å². The zero-order chi connectivity index (χ0) is 12.8. The van der Waals surface area contributed by atoms with Crippen LogP contribution in [0.2, 0.25) is 0 Å². The Morgan fingerprint density at radius 2 is 1.88 bits per heavy atom. The van der Waals surface area contributed by atoms with Gasteiger partial charge in [-0.3, -0.25) is 0 Å². The summed E-state index contributed by atoms with van der Waals surface area (Å²) in [6, 6.07) is 8.91. The van der Waals surface area contributed by atoms with Crippen LogP contribution in [-0.4, -0.2) is 29.3 Å². The summed E-state index contributed by atoms with van der Waals surface area (Å²) in [5.41, 5.74) is 1.26. The predicted octanol–water partition coefficient (Wildman–Crippen LogP) is 3.21. The van der Waals surface area contributed by atoms with Crippen molar-refractivity contribution in [3.05, 3.63) is 34.3 Å². The van der Waals surface area contributed by atoms with Crippen LogP contribution < -0.4 is 5.32 Å². The molecule has 4 heteroatoms. The van der Waals surface area contributed by atoms with Gasteiger partial charge in [0.15, 0.2) is 0 Å². The zero-order valence-corrected chi connectivity index (χ0v) is 12.9. The maximum atomic E-state index is 9.25. The Balaban J connectivity index is 2.59. The Kier molecular flexibility index (Phi) is 6.55. The standard InChI is InChI=1S/C13H20BrNOS/c1-9(11-4-6-12(14)7-5-11)15-10(2)13(8-16)17-3/h4-7,9-10,13,15-16H,8H2,1-3H3. The number of aliphatic hydroxyl groups excluding tert-OH is 1. The lowest BCUT2D eigenvalue weighted by molar-refractivity contribution is 0.272. The third-order valence-electron chi connectivity index (χ3n) is 2.92. The molecule has 0 aromatic heterocycles. The Morgan fingerprint density at radius 1 is 1.29 bits per heavy atom. The van der Waals surface area contributed by atoms with Crippen molar-refractivity contribution in [3.8, 4) is 0 Å². The van der Waals surface area contributed by atoms with Crippen molar-refractivity contribution in [2.45, 2.75) is 31.2 Å². The first-order chi connectivity index (χ1) is 8.08. The molecule has 0 saturated heterocycles. The molecule has 96 valence electrons. The molecule has 17 heavy (non-hydrogen) atoms. The summed E-state index contributed by atoms with van der Waals surface area (Å²) in [4.78, 5) is 0. The summed E-state index contributed by atoms with van der Waals surface area (Å²) >= 11 is 5.13. The van der Waals surface area contributed by atoms with Crippen LogP contribution in [0.4, 0.5) is 0 Å². The number of benzene rings is 1. The van der Waals surface area contributed by atoms with E-state index in [-0.39, 0.29) is 17.9 Å². The molecule has 0 spiro atoms. The molecular weight excluding hydrogens is 298 g/mol. The molecule has 0 saturated carbocycles. The summed E-state index contributed by atoms with van der Waals surface area (Å²) in [7, 11) is 0. The number of aliphatic hydroxyl groups is 1. The fourth-order valence-corrected chi connectivity index (χ4v) is 2.69. The maximum Gasteiger partial charge on any atom is 0.0564 e. The van der Waals surface area contributed by atoms with Gasteiger partial charge in [0.1, 0.15) is 0 Å². The molecule has 0 fully saturated rings. The van der Waals surface area contributed by atoms with Gasteiger partial charge in [-0.25, -0.2) is 0 Å². The largest absolute Gasteiger partial charge is 0.395 e. The Morgan fingerprint density at radius 3 is 2.35 bits per heavy atom. The molecule has 0 heterocycles. The van der Waals surface area contributed by atoms with E-state index in [2.05, 4.69) is 59.4 Å². The number of rotatable bonds is 6. The van der Waals surface area contributed by atoms with Crippen molar-refractivity contribution in [1.29, 1.82) is 0 Å². The minimum Gasteiger partial charge on any atom is -0.395 e. The molecule has 1 aromatic carbocycles. The van der Waals surface area contributed by atoms with Gasteiger partial charge in [-0.2, -0.15) is 11.8 Å². The van der Waals surface area contributed by atoms with E-state index in [1.54, 1.807) is 11.8 Å². The number of halogens is 1. The van der Waals surface area contributed by atoms with Crippen LogP contribution in [0.15, 0.2) is 28.7 Å². The van der Waals surface area contributed by atoms with E-state index >= 15 is 0 Å². The van der Waals surface area contributed by atoms with Crippen molar-refractivity contribution in [1.82, 2.24) is 5.32 Å². The van der Waals surface area contributed by atoms with E-state index < -0.39 is 0 Å². The van der Waals surface area contributed by atoms with E-state index in [1.807, 2.05) is 6.26 Å². The fraction of sp³-hybridized carbons (Fsp3) is 0.538. The van der Waals surface area contributed by atoms with Crippen LogP contribution in [0.1, 0.15) is 25.5 Å². The molecular formula is C13H20BrNOS. The van der Waals surface area contributed by atoms with Crippen LogP contribution in [0.25, 0.3) is 0 Å². The van der Waals surface area contributed by atoms with Gasteiger partial charge in [-0.05, 0) is 37.8 Å². The Bertz CT molecular complexity index is 327. The van der Waals surface area contributed by atoms with E-state index in [4.69, 9.17) is 0 Å². The number of hydrogen-bond acceptors (Lipinski definition) is 3. The van der Waals surface area contributed by atoms with Crippen LogP contribution >= 0.6 is 27.7 Å². The molecule has 1 rings (SSSR count). The average molecular weight is 318 g/mol. The SMILES string of the molecule is CSC(CO)C(C)NC(C)c1ccc(Br)cc1. The predicted molar refractivity (Wildman–Crippen MR) is 79.5 cm³/mol. The highest BCUT2D eigenvalue weighted by molar-refractivity contribution is 9.10. The van der Waals surface area contributed by atoms with E-state index in [0.29, 0.717) is 6.04 Å². The van der Waals surface area contributed by atoms with E-state index in [1.165, 1.54) is 5.56 Å². The van der Waals surface area contributed by atoms with Gasteiger partial charge in [0.2, 0.25) is 0 Å². The molecule has 3 atom stereocenters. The quantitative estimate of drug-likeness (QED) is 0.845. The third-order valence-corrected chi connectivity index (χ3v) is 4.61. The average Bonchev–Trinajstić information content (AvgIpc) is 2.31. The second kappa shape index (κ2) is 7.41. The first-order valence-electron chi connectivity index (χ1n) is 5.73. The highest BCUT2D eigenvalue weighted by Gasteiger charge is 2.17. The first kappa shape index (κ1) is 15.0. The van der Waals surface area contributed by atoms with Crippen molar-refractivity contribution < 1.29 is 5.11 Å². The fourth-order valence-electron chi connectivity index (χ4n) is 1.79. The third kappa shape index (κ3) is 4.62. The van der Waals surface area contributed by atoms with Crippen molar-refractivity contribution in [2.75, 3.05) is 12.9 Å². The summed E-state index contributed by atoms with van der Waals surface area (Å²) < 4.78 is 1.10. The maximum absolute atomic E-state index is 9.25.